The molecule has 0 aliphatic heterocycles. The van der Waals surface area contributed by atoms with Crippen molar-refractivity contribution in [1.82, 2.24) is 4.98 Å². The SMILES string of the molecule is Fc1ccc(NCCSc2nc3ccccc3o2)cc1. The van der Waals surface area contributed by atoms with E-state index in [-0.39, 0.29) is 5.82 Å². The van der Waals surface area contributed by atoms with Gasteiger partial charge in [0.25, 0.3) is 5.22 Å². The molecule has 0 saturated heterocycles. The Bertz CT molecular complexity index is 663. The number of hydrogen-bond donors (Lipinski definition) is 1. The summed E-state index contributed by atoms with van der Waals surface area (Å²) in [6, 6.07) is 14.0. The van der Waals surface area contributed by atoms with E-state index in [1.54, 1.807) is 23.9 Å². The number of anilines is 1. The summed E-state index contributed by atoms with van der Waals surface area (Å²) in [5.74, 6) is 0.598. The number of oxazole rings is 1. The van der Waals surface area contributed by atoms with Crippen molar-refractivity contribution >= 4 is 28.5 Å². The van der Waals surface area contributed by atoms with E-state index in [2.05, 4.69) is 10.3 Å². The first-order valence-corrected chi connectivity index (χ1v) is 7.28. The van der Waals surface area contributed by atoms with Crippen LogP contribution in [0.25, 0.3) is 11.1 Å². The van der Waals surface area contributed by atoms with Crippen LogP contribution in [0.3, 0.4) is 0 Å². The summed E-state index contributed by atoms with van der Waals surface area (Å²) in [5.41, 5.74) is 2.59. The van der Waals surface area contributed by atoms with Crippen molar-refractivity contribution in [3.63, 3.8) is 0 Å². The fraction of sp³-hybridized carbons (Fsp3) is 0.133. The van der Waals surface area contributed by atoms with Gasteiger partial charge in [0.15, 0.2) is 5.58 Å². The van der Waals surface area contributed by atoms with E-state index in [0.717, 1.165) is 29.1 Å². The third-order valence-corrected chi connectivity index (χ3v) is 3.61. The van der Waals surface area contributed by atoms with E-state index in [1.165, 1.54) is 12.1 Å². The summed E-state index contributed by atoms with van der Waals surface area (Å²) in [6.07, 6.45) is 0. The molecule has 0 unspecified atom stereocenters. The molecule has 1 N–H and O–H groups in total. The van der Waals surface area contributed by atoms with Gasteiger partial charge < -0.3 is 9.73 Å². The maximum atomic E-state index is 12.7. The normalized spacial score (nSPS) is 10.8. The number of fused-ring (bicyclic) bond motifs is 1. The molecule has 102 valence electrons. The third-order valence-electron chi connectivity index (χ3n) is 2.78. The van der Waals surface area contributed by atoms with Crippen LogP contribution in [0.2, 0.25) is 0 Å². The molecule has 0 spiro atoms. The highest BCUT2D eigenvalue weighted by Crippen LogP contribution is 2.22. The Balaban J connectivity index is 1.51. The number of aromatic nitrogens is 1. The molecular weight excluding hydrogens is 275 g/mol. The van der Waals surface area contributed by atoms with E-state index in [1.807, 2.05) is 24.3 Å². The lowest BCUT2D eigenvalue weighted by Crippen LogP contribution is -2.03. The van der Waals surface area contributed by atoms with Gasteiger partial charge in [-0.15, -0.1) is 0 Å². The topological polar surface area (TPSA) is 38.1 Å². The van der Waals surface area contributed by atoms with Crippen LogP contribution in [-0.2, 0) is 0 Å². The van der Waals surface area contributed by atoms with Gasteiger partial charge in [-0.25, -0.2) is 9.37 Å². The van der Waals surface area contributed by atoms with Crippen LogP contribution < -0.4 is 5.32 Å². The number of rotatable bonds is 5. The van der Waals surface area contributed by atoms with Crippen molar-refractivity contribution in [1.29, 1.82) is 0 Å². The average Bonchev–Trinajstić information content (AvgIpc) is 2.88. The Morgan fingerprint density at radius 3 is 2.70 bits per heavy atom. The lowest BCUT2D eigenvalue weighted by molar-refractivity contribution is 0.489. The zero-order chi connectivity index (χ0) is 13.8. The zero-order valence-electron chi connectivity index (χ0n) is 10.7. The van der Waals surface area contributed by atoms with Crippen LogP contribution in [0, 0.1) is 5.82 Å². The molecule has 1 aromatic heterocycles. The maximum Gasteiger partial charge on any atom is 0.256 e. The van der Waals surface area contributed by atoms with Gasteiger partial charge in [-0.3, -0.25) is 0 Å². The largest absolute Gasteiger partial charge is 0.431 e. The molecule has 0 aliphatic rings. The fourth-order valence-corrected chi connectivity index (χ4v) is 2.50. The second kappa shape index (κ2) is 5.96. The molecule has 3 nitrogen and oxygen atoms in total. The highest BCUT2D eigenvalue weighted by Gasteiger charge is 2.04. The van der Waals surface area contributed by atoms with E-state index in [0.29, 0.717) is 5.22 Å². The van der Waals surface area contributed by atoms with Crippen LogP contribution in [0.1, 0.15) is 0 Å². The number of para-hydroxylation sites is 2. The van der Waals surface area contributed by atoms with E-state index < -0.39 is 0 Å². The van der Waals surface area contributed by atoms with Crippen molar-refractivity contribution in [2.24, 2.45) is 0 Å². The molecular formula is C15H13FN2OS. The van der Waals surface area contributed by atoms with Gasteiger partial charge in [0.1, 0.15) is 11.3 Å². The Kier molecular flexibility index (Phi) is 3.87. The quantitative estimate of drug-likeness (QED) is 0.565. The molecule has 0 amide bonds. The maximum absolute atomic E-state index is 12.7. The van der Waals surface area contributed by atoms with Crippen LogP contribution in [0.15, 0.2) is 58.2 Å². The number of benzene rings is 2. The molecule has 0 atom stereocenters. The number of nitrogens with zero attached hydrogens (tertiary/aromatic N) is 1. The van der Waals surface area contributed by atoms with Gasteiger partial charge in [-0.2, -0.15) is 0 Å². The van der Waals surface area contributed by atoms with Gasteiger partial charge in [-0.1, -0.05) is 23.9 Å². The second-order valence-corrected chi connectivity index (χ2v) is 5.28. The molecule has 0 bridgehead atoms. The predicted octanol–water partition coefficient (Wildman–Crippen LogP) is 4.17. The number of thioether (sulfide) groups is 1. The first-order chi connectivity index (χ1) is 9.81. The van der Waals surface area contributed by atoms with E-state index in [9.17, 15) is 4.39 Å². The molecule has 0 saturated carbocycles. The number of hydrogen-bond acceptors (Lipinski definition) is 4. The van der Waals surface area contributed by atoms with Gasteiger partial charge in [0.2, 0.25) is 0 Å². The Labute approximate surface area is 120 Å². The summed E-state index contributed by atoms with van der Waals surface area (Å²) in [4.78, 5) is 4.39. The van der Waals surface area contributed by atoms with E-state index in [4.69, 9.17) is 4.42 Å². The lowest BCUT2D eigenvalue weighted by Gasteiger charge is -2.04. The third kappa shape index (κ3) is 3.11. The monoisotopic (exact) mass is 288 g/mol. The van der Waals surface area contributed by atoms with Crippen LogP contribution in [0.5, 0.6) is 0 Å². The first-order valence-electron chi connectivity index (χ1n) is 6.29. The molecule has 0 fully saturated rings. The summed E-state index contributed by atoms with van der Waals surface area (Å²) in [7, 11) is 0. The standard InChI is InChI=1S/C15H13FN2OS/c16-11-5-7-12(8-6-11)17-9-10-20-15-18-13-3-1-2-4-14(13)19-15/h1-8,17H,9-10H2. The molecule has 0 aliphatic carbocycles. The number of halogens is 1. The van der Waals surface area contributed by atoms with E-state index >= 15 is 0 Å². The molecule has 2 aromatic carbocycles. The molecule has 3 aromatic rings. The van der Waals surface area contributed by atoms with Gasteiger partial charge in [0.05, 0.1) is 0 Å². The Hall–Kier alpha value is -2.01. The minimum atomic E-state index is -0.226. The predicted molar refractivity (Wildman–Crippen MR) is 79.6 cm³/mol. The summed E-state index contributed by atoms with van der Waals surface area (Å²) in [5, 5.41) is 3.89. The van der Waals surface area contributed by atoms with Gasteiger partial charge >= 0.3 is 0 Å². The van der Waals surface area contributed by atoms with Crippen molar-refractivity contribution in [2.75, 3.05) is 17.6 Å². The summed E-state index contributed by atoms with van der Waals surface area (Å²) >= 11 is 1.55. The van der Waals surface area contributed by atoms with Gasteiger partial charge in [-0.05, 0) is 36.4 Å². The van der Waals surface area contributed by atoms with Crippen LogP contribution in [0.4, 0.5) is 10.1 Å². The number of nitrogens with one attached hydrogen (secondary N) is 1. The Morgan fingerprint density at radius 2 is 1.90 bits per heavy atom. The average molecular weight is 288 g/mol. The van der Waals surface area contributed by atoms with Gasteiger partial charge in [0, 0.05) is 18.0 Å². The molecule has 20 heavy (non-hydrogen) atoms. The van der Waals surface area contributed by atoms with Crippen LogP contribution in [-0.4, -0.2) is 17.3 Å². The minimum Gasteiger partial charge on any atom is -0.431 e. The molecule has 1 heterocycles. The van der Waals surface area contributed by atoms with Crippen molar-refractivity contribution in [3.8, 4) is 0 Å². The van der Waals surface area contributed by atoms with Crippen molar-refractivity contribution in [3.05, 3.63) is 54.3 Å². The highest BCUT2D eigenvalue weighted by atomic mass is 32.2. The van der Waals surface area contributed by atoms with Crippen LogP contribution >= 0.6 is 11.8 Å². The van der Waals surface area contributed by atoms with Crippen molar-refractivity contribution in [2.45, 2.75) is 5.22 Å². The molecule has 5 heteroatoms. The fourth-order valence-electron chi connectivity index (χ4n) is 1.81. The lowest BCUT2D eigenvalue weighted by atomic mass is 10.3. The smallest absolute Gasteiger partial charge is 0.256 e. The zero-order valence-corrected chi connectivity index (χ0v) is 11.5. The highest BCUT2D eigenvalue weighted by molar-refractivity contribution is 7.99. The second-order valence-electron chi connectivity index (χ2n) is 4.23. The van der Waals surface area contributed by atoms with Crippen molar-refractivity contribution < 1.29 is 8.81 Å². The molecule has 3 rings (SSSR count). The first kappa shape index (κ1) is 13.0. The Morgan fingerprint density at radius 1 is 1.10 bits per heavy atom. The molecule has 0 radical (unpaired) electrons. The summed E-state index contributed by atoms with van der Waals surface area (Å²) in [6.45, 7) is 0.759. The summed E-state index contributed by atoms with van der Waals surface area (Å²) < 4.78 is 18.4. The minimum absolute atomic E-state index is 0.226.